The SMILES string of the molecule is CCCCNSCl. The van der Waals surface area contributed by atoms with Gasteiger partial charge in [0.15, 0.2) is 0 Å². The van der Waals surface area contributed by atoms with Crippen molar-refractivity contribution in [3.05, 3.63) is 0 Å². The van der Waals surface area contributed by atoms with E-state index in [1.165, 1.54) is 12.8 Å². The van der Waals surface area contributed by atoms with E-state index in [-0.39, 0.29) is 0 Å². The van der Waals surface area contributed by atoms with Gasteiger partial charge in [-0.15, -0.1) is 0 Å². The lowest BCUT2D eigenvalue weighted by molar-refractivity contribution is 0.778. The molecule has 3 heteroatoms. The second-order valence-electron chi connectivity index (χ2n) is 1.33. The van der Waals surface area contributed by atoms with Crippen LogP contribution in [-0.2, 0) is 0 Å². The number of unbranched alkanes of at least 4 members (excludes halogenated alkanes) is 1. The normalized spacial score (nSPS) is 9.43. The van der Waals surface area contributed by atoms with Crippen LogP contribution in [0.4, 0.5) is 0 Å². The first-order valence-electron chi connectivity index (χ1n) is 2.42. The van der Waals surface area contributed by atoms with Crippen LogP contribution in [0.2, 0.25) is 0 Å². The zero-order valence-corrected chi connectivity index (χ0v) is 5.98. The highest BCUT2D eigenvalue weighted by atomic mass is 35.7. The molecule has 0 aliphatic rings. The summed E-state index contributed by atoms with van der Waals surface area (Å²) in [6, 6.07) is 0. The summed E-state index contributed by atoms with van der Waals surface area (Å²) in [6.45, 7) is 3.17. The highest BCUT2D eigenvalue weighted by Gasteiger charge is 1.79. The topological polar surface area (TPSA) is 12.0 Å². The number of hydrogen-bond acceptors (Lipinski definition) is 2. The predicted octanol–water partition coefficient (Wildman–Crippen LogP) is 2.18. The third-order valence-corrected chi connectivity index (χ3v) is 1.33. The molecule has 0 aromatic carbocycles. The van der Waals surface area contributed by atoms with Crippen molar-refractivity contribution in [3.63, 3.8) is 0 Å². The molecule has 0 fully saturated rings. The van der Waals surface area contributed by atoms with Gasteiger partial charge in [0.2, 0.25) is 0 Å². The summed E-state index contributed by atoms with van der Waals surface area (Å²) in [5.74, 6) is 0. The van der Waals surface area contributed by atoms with E-state index >= 15 is 0 Å². The van der Waals surface area contributed by atoms with Crippen LogP contribution in [-0.4, -0.2) is 6.54 Å². The summed E-state index contributed by atoms with van der Waals surface area (Å²) in [5, 5.41) is 0. The highest BCUT2D eigenvalue weighted by Crippen LogP contribution is 1.97. The van der Waals surface area contributed by atoms with Crippen LogP contribution in [0.3, 0.4) is 0 Å². The van der Waals surface area contributed by atoms with E-state index in [4.69, 9.17) is 10.7 Å². The lowest BCUT2D eigenvalue weighted by atomic mass is 10.3. The van der Waals surface area contributed by atoms with E-state index in [0.29, 0.717) is 0 Å². The molecule has 0 aliphatic heterocycles. The van der Waals surface area contributed by atoms with E-state index in [0.717, 1.165) is 17.7 Å². The first-order chi connectivity index (χ1) is 3.41. The lowest BCUT2D eigenvalue weighted by Crippen LogP contribution is -2.01. The van der Waals surface area contributed by atoms with Gasteiger partial charge >= 0.3 is 0 Å². The average Bonchev–Trinajstić information content (AvgIpc) is 1.69. The van der Waals surface area contributed by atoms with Crippen molar-refractivity contribution in [3.8, 4) is 0 Å². The van der Waals surface area contributed by atoms with Gasteiger partial charge in [0.05, 0.1) is 0 Å². The molecule has 0 atom stereocenters. The van der Waals surface area contributed by atoms with Crippen LogP contribution in [0.5, 0.6) is 0 Å². The van der Waals surface area contributed by atoms with Crippen molar-refractivity contribution < 1.29 is 0 Å². The smallest absolute Gasteiger partial charge is 0.0277 e. The van der Waals surface area contributed by atoms with Gasteiger partial charge in [-0.3, -0.25) is 4.72 Å². The quantitative estimate of drug-likeness (QED) is 0.474. The molecular formula is C4H10ClNS. The third-order valence-electron chi connectivity index (χ3n) is 0.687. The lowest BCUT2D eigenvalue weighted by Gasteiger charge is -1.92. The molecule has 0 heterocycles. The monoisotopic (exact) mass is 139 g/mol. The van der Waals surface area contributed by atoms with E-state index in [1.54, 1.807) is 0 Å². The Hall–Kier alpha value is 0.600. The van der Waals surface area contributed by atoms with Gasteiger partial charge in [0.25, 0.3) is 0 Å². The maximum absolute atomic E-state index is 5.24. The second-order valence-corrected chi connectivity index (χ2v) is 2.23. The molecule has 0 spiro atoms. The Morgan fingerprint density at radius 2 is 2.43 bits per heavy atom. The van der Waals surface area contributed by atoms with Crippen molar-refractivity contribution in [1.29, 1.82) is 0 Å². The van der Waals surface area contributed by atoms with Gasteiger partial charge in [-0.05, 0) is 17.1 Å². The molecule has 1 N–H and O–H groups in total. The van der Waals surface area contributed by atoms with Crippen LogP contribution in [0.25, 0.3) is 0 Å². The van der Waals surface area contributed by atoms with Gasteiger partial charge in [-0.2, -0.15) is 0 Å². The minimum Gasteiger partial charge on any atom is -0.250 e. The van der Waals surface area contributed by atoms with E-state index in [9.17, 15) is 0 Å². The van der Waals surface area contributed by atoms with E-state index in [2.05, 4.69) is 11.6 Å². The molecule has 0 unspecified atom stereocenters. The Balaban J connectivity index is 2.45. The van der Waals surface area contributed by atoms with Crippen LogP contribution >= 0.6 is 21.8 Å². The maximum Gasteiger partial charge on any atom is 0.0277 e. The number of hydrogen-bond donors (Lipinski definition) is 1. The standard InChI is InChI=1S/C4H10ClNS/c1-2-3-4-6-7-5/h6H,2-4H2,1H3. The molecule has 0 aromatic heterocycles. The fraction of sp³-hybridized carbons (Fsp3) is 1.00. The zero-order chi connectivity index (χ0) is 5.54. The molecule has 0 rings (SSSR count). The summed E-state index contributed by atoms with van der Waals surface area (Å²) < 4.78 is 2.93. The van der Waals surface area contributed by atoms with Crippen molar-refractivity contribution in [2.24, 2.45) is 0 Å². The fourth-order valence-corrected chi connectivity index (χ4v) is 0.740. The van der Waals surface area contributed by atoms with E-state index in [1.807, 2.05) is 0 Å². The molecule has 0 amide bonds. The van der Waals surface area contributed by atoms with Crippen LogP contribution in [0.15, 0.2) is 0 Å². The number of rotatable bonds is 4. The zero-order valence-electron chi connectivity index (χ0n) is 4.41. The second kappa shape index (κ2) is 6.60. The van der Waals surface area contributed by atoms with Crippen molar-refractivity contribution in [1.82, 2.24) is 4.72 Å². The van der Waals surface area contributed by atoms with Crippen LogP contribution < -0.4 is 4.72 Å². The third kappa shape index (κ3) is 6.60. The molecule has 0 saturated carbocycles. The van der Waals surface area contributed by atoms with Crippen LogP contribution in [0.1, 0.15) is 19.8 Å². The minimum absolute atomic E-state index is 1.02. The van der Waals surface area contributed by atoms with Gasteiger partial charge in [-0.1, -0.05) is 13.3 Å². The van der Waals surface area contributed by atoms with Gasteiger partial charge in [0, 0.05) is 17.7 Å². The molecular weight excluding hydrogens is 130 g/mol. The number of halogens is 1. The van der Waals surface area contributed by atoms with Crippen molar-refractivity contribution in [2.75, 3.05) is 6.54 Å². The first kappa shape index (κ1) is 7.60. The Morgan fingerprint density at radius 1 is 1.71 bits per heavy atom. The molecule has 0 bridgehead atoms. The van der Waals surface area contributed by atoms with E-state index < -0.39 is 0 Å². The predicted molar refractivity (Wildman–Crippen MR) is 36.4 cm³/mol. The molecule has 44 valence electrons. The Kier molecular flexibility index (Phi) is 7.17. The first-order valence-corrected chi connectivity index (χ1v) is 4.06. The van der Waals surface area contributed by atoms with Crippen molar-refractivity contribution >= 4 is 21.8 Å². The van der Waals surface area contributed by atoms with Gasteiger partial charge in [0.1, 0.15) is 0 Å². The molecule has 0 radical (unpaired) electrons. The summed E-state index contributed by atoms with van der Waals surface area (Å²) in [7, 11) is 5.24. The Bertz CT molecular complexity index is 30.9. The van der Waals surface area contributed by atoms with Gasteiger partial charge in [-0.25, -0.2) is 0 Å². The molecule has 0 aliphatic carbocycles. The average molecular weight is 140 g/mol. The molecule has 1 nitrogen and oxygen atoms in total. The molecule has 0 aromatic rings. The fourth-order valence-electron chi connectivity index (χ4n) is 0.288. The molecule has 0 saturated heterocycles. The largest absolute Gasteiger partial charge is 0.250 e. The maximum atomic E-state index is 5.24. The molecule has 7 heavy (non-hydrogen) atoms. The summed E-state index contributed by atoms with van der Waals surface area (Å²) >= 11 is 1.16. The summed E-state index contributed by atoms with van der Waals surface area (Å²) in [6.07, 6.45) is 2.43. The highest BCUT2D eigenvalue weighted by molar-refractivity contribution is 8.19. The van der Waals surface area contributed by atoms with Gasteiger partial charge < -0.3 is 0 Å². The summed E-state index contributed by atoms with van der Waals surface area (Å²) in [4.78, 5) is 0. The minimum atomic E-state index is 1.02. The van der Waals surface area contributed by atoms with Crippen molar-refractivity contribution in [2.45, 2.75) is 19.8 Å². The number of nitrogens with one attached hydrogen (secondary N) is 1. The van der Waals surface area contributed by atoms with Crippen LogP contribution in [0, 0.1) is 0 Å². The summed E-state index contributed by atoms with van der Waals surface area (Å²) in [5.41, 5.74) is 0. The Labute approximate surface area is 53.4 Å². The Morgan fingerprint density at radius 3 is 2.86 bits per heavy atom.